The van der Waals surface area contributed by atoms with Crippen LogP contribution < -0.4 is 4.90 Å². The van der Waals surface area contributed by atoms with E-state index in [0.717, 1.165) is 13.0 Å². The Kier molecular flexibility index (Phi) is 4.01. The lowest BCUT2D eigenvalue weighted by atomic mass is 10.1. The lowest BCUT2D eigenvalue weighted by Gasteiger charge is -2.39. The molecular weight excluding hydrogens is 263 g/mol. The van der Waals surface area contributed by atoms with Crippen LogP contribution in [0.3, 0.4) is 0 Å². The van der Waals surface area contributed by atoms with Gasteiger partial charge in [-0.15, -0.1) is 10.2 Å². The summed E-state index contributed by atoms with van der Waals surface area (Å²) in [4.78, 5) is 6.25. The maximum absolute atomic E-state index is 6.02. The standard InChI is InChI=1S/C10H14Cl2N4O/c1-3-7-5-17-6(2)4-16(7)9-8(11)14-15-10(12)13-9/h6-7H,3-5H2,1-2H3. The molecule has 1 aliphatic heterocycles. The van der Waals surface area contributed by atoms with Crippen molar-refractivity contribution in [3.63, 3.8) is 0 Å². The highest BCUT2D eigenvalue weighted by Crippen LogP contribution is 2.27. The second-order valence-electron chi connectivity index (χ2n) is 4.05. The summed E-state index contributed by atoms with van der Waals surface area (Å²) < 4.78 is 5.62. The third kappa shape index (κ3) is 2.78. The largest absolute Gasteiger partial charge is 0.375 e. The van der Waals surface area contributed by atoms with Gasteiger partial charge in [-0.25, -0.2) is 0 Å². The molecule has 0 amide bonds. The molecular formula is C10H14Cl2N4O. The molecule has 0 saturated carbocycles. The van der Waals surface area contributed by atoms with Crippen molar-refractivity contribution < 1.29 is 4.74 Å². The normalized spacial score (nSPS) is 25.1. The van der Waals surface area contributed by atoms with Crippen LogP contribution in [-0.4, -0.2) is 40.5 Å². The zero-order valence-electron chi connectivity index (χ0n) is 9.73. The van der Waals surface area contributed by atoms with Crippen molar-refractivity contribution in [2.45, 2.75) is 32.4 Å². The zero-order valence-corrected chi connectivity index (χ0v) is 11.2. The van der Waals surface area contributed by atoms with Crippen LogP contribution in [-0.2, 0) is 4.74 Å². The number of anilines is 1. The molecule has 0 spiro atoms. The number of aromatic nitrogens is 3. The molecule has 1 aromatic heterocycles. The van der Waals surface area contributed by atoms with Crippen LogP contribution in [0.5, 0.6) is 0 Å². The molecule has 0 bridgehead atoms. The average molecular weight is 277 g/mol. The first-order valence-electron chi connectivity index (χ1n) is 5.55. The Bertz CT molecular complexity index is 404. The van der Waals surface area contributed by atoms with Gasteiger partial charge in [-0.1, -0.05) is 18.5 Å². The van der Waals surface area contributed by atoms with Crippen molar-refractivity contribution in [1.29, 1.82) is 0 Å². The Morgan fingerprint density at radius 2 is 2.18 bits per heavy atom. The van der Waals surface area contributed by atoms with E-state index in [1.165, 1.54) is 0 Å². The summed E-state index contributed by atoms with van der Waals surface area (Å²) in [5, 5.41) is 7.79. The van der Waals surface area contributed by atoms with E-state index in [1.54, 1.807) is 0 Å². The minimum absolute atomic E-state index is 0.110. The lowest BCUT2D eigenvalue weighted by molar-refractivity contribution is 0.0296. The van der Waals surface area contributed by atoms with Crippen molar-refractivity contribution in [3.05, 3.63) is 10.4 Å². The monoisotopic (exact) mass is 276 g/mol. The van der Waals surface area contributed by atoms with E-state index in [2.05, 4.69) is 27.0 Å². The van der Waals surface area contributed by atoms with Gasteiger partial charge in [-0.05, 0) is 24.9 Å². The second-order valence-corrected chi connectivity index (χ2v) is 4.75. The Labute approximate surface area is 110 Å². The fourth-order valence-electron chi connectivity index (χ4n) is 1.91. The number of nitrogens with zero attached hydrogens (tertiary/aromatic N) is 4. The minimum Gasteiger partial charge on any atom is -0.375 e. The molecule has 94 valence electrons. The topological polar surface area (TPSA) is 51.1 Å². The summed E-state index contributed by atoms with van der Waals surface area (Å²) in [5.41, 5.74) is 0. The van der Waals surface area contributed by atoms with Crippen molar-refractivity contribution in [1.82, 2.24) is 15.2 Å². The number of hydrogen-bond acceptors (Lipinski definition) is 5. The third-order valence-corrected chi connectivity index (χ3v) is 3.22. The first kappa shape index (κ1) is 12.8. The van der Waals surface area contributed by atoms with Gasteiger partial charge in [0.2, 0.25) is 5.28 Å². The first-order chi connectivity index (χ1) is 8.11. The van der Waals surface area contributed by atoms with Crippen LogP contribution in [0.4, 0.5) is 5.82 Å². The van der Waals surface area contributed by atoms with Gasteiger partial charge in [0.15, 0.2) is 11.0 Å². The van der Waals surface area contributed by atoms with Crippen LogP contribution in [0.15, 0.2) is 0 Å². The molecule has 2 atom stereocenters. The van der Waals surface area contributed by atoms with Gasteiger partial charge >= 0.3 is 0 Å². The summed E-state index contributed by atoms with van der Waals surface area (Å²) in [7, 11) is 0. The van der Waals surface area contributed by atoms with E-state index < -0.39 is 0 Å². The van der Waals surface area contributed by atoms with Crippen molar-refractivity contribution in [2.75, 3.05) is 18.1 Å². The van der Waals surface area contributed by atoms with Crippen LogP contribution in [0.1, 0.15) is 20.3 Å². The summed E-state index contributed by atoms with van der Waals surface area (Å²) in [6.07, 6.45) is 1.09. The molecule has 0 aromatic carbocycles. The van der Waals surface area contributed by atoms with E-state index in [-0.39, 0.29) is 22.6 Å². The van der Waals surface area contributed by atoms with Gasteiger partial charge in [0.25, 0.3) is 0 Å². The number of halogens is 2. The third-order valence-electron chi connectivity index (χ3n) is 2.81. The van der Waals surface area contributed by atoms with Crippen LogP contribution in [0.25, 0.3) is 0 Å². The smallest absolute Gasteiger partial charge is 0.245 e. The van der Waals surface area contributed by atoms with Gasteiger partial charge < -0.3 is 9.64 Å². The van der Waals surface area contributed by atoms with E-state index in [9.17, 15) is 0 Å². The fraction of sp³-hybridized carbons (Fsp3) is 0.700. The molecule has 0 N–H and O–H groups in total. The lowest BCUT2D eigenvalue weighted by Crippen LogP contribution is -2.49. The Morgan fingerprint density at radius 3 is 2.88 bits per heavy atom. The number of hydrogen-bond donors (Lipinski definition) is 0. The summed E-state index contributed by atoms with van der Waals surface area (Å²) >= 11 is 11.8. The Morgan fingerprint density at radius 1 is 1.41 bits per heavy atom. The number of rotatable bonds is 2. The van der Waals surface area contributed by atoms with Crippen LogP contribution >= 0.6 is 23.2 Å². The summed E-state index contributed by atoms with van der Waals surface area (Å²) in [6, 6.07) is 0.247. The predicted molar refractivity (Wildman–Crippen MR) is 66.7 cm³/mol. The second kappa shape index (κ2) is 5.33. The molecule has 2 unspecified atom stereocenters. The molecule has 1 aromatic rings. The maximum atomic E-state index is 6.02. The highest BCUT2D eigenvalue weighted by atomic mass is 35.5. The van der Waals surface area contributed by atoms with Crippen LogP contribution in [0.2, 0.25) is 10.4 Å². The highest BCUT2D eigenvalue weighted by molar-refractivity contribution is 6.32. The molecule has 0 radical (unpaired) electrons. The molecule has 1 fully saturated rings. The minimum atomic E-state index is 0.110. The summed E-state index contributed by atoms with van der Waals surface area (Å²) in [6.45, 7) is 5.51. The van der Waals surface area contributed by atoms with Gasteiger partial charge in [0.05, 0.1) is 18.8 Å². The van der Waals surface area contributed by atoms with Gasteiger partial charge in [-0.3, -0.25) is 0 Å². The SMILES string of the molecule is CCC1COC(C)CN1c1nc(Cl)nnc1Cl. The predicted octanol–water partition coefficient (Wildman–Crippen LogP) is 2.18. The van der Waals surface area contributed by atoms with E-state index >= 15 is 0 Å². The van der Waals surface area contributed by atoms with E-state index in [0.29, 0.717) is 12.4 Å². The van der Waals surface area contributed by atoms with E-state index in [4.69, 9.17) is 27.9 Å². The molecule has 2 heterocycles. The van der Waals surface area contributed by atoms with Crippen molar-refractivity contribution in [2.24, 2.45) is 0 Å². The molecule has 1 aliphatic rings. The Balaban J connectivity index is 2.31. The molecule has 17 heavy (non-hydrogen) atoms. The maximum Gasteiger partial charge on any atom is 0.245 e. The van der Waals surface area contributed by atoms with E-state index in [1.807, 2.05) is 6.92 Å². The van der Waals surface area contributed by atoms with Gasteiger partial charge in [0.1, 0.15) is 0 Å². The first-order valence-corrected chi connectivity index (χ1v) is 6.31. The molecule has 2 rings (SSSR count). The molecule has 0 aliphatic carbocycles. The van der Waals surface area contributed by atoms with Gasteiger partial charge in [-0.2, -0.15) is 4.98 Å². The molecule has 7 heteroatoms. The van der Waals surface area contributed by atoms with Gasteiger partial charge in [0, 0.05) is 6.54 Å². The zero-order chi connectivity index (χ0) is 12.4. The summed E-state index contributed by atoms with van der Waals surface area (Å²) in [5.74, 6) is 0.591. The van der Waals surface area contributed by atoms with Crippen LogP contribution in [0, 0.1) is 0 Å². The number of ether oxygens (including phenoxy) is 1. The fourth-order valence-corrected chi connectivity index (χ4v) is 2.22. The average Bonchev–Trinajstić information content (AvgIpc) is 2.32. The van der Waals surface area contributed by atoms with Crippen molar-refractivity contribution >= 4 is 29.0 Å². The van der Waals surface area contributed by atoms with Crippen molar-refractivity contribution in [3.8, 4) is 0 Å². The quantitative estimate of drug-likeness (QED) is 0.829. The molecule has 5 nitrogen and oxygen atoms in total. The number of morpholine rings is 1. The Hall–Kier alpha value is -0.650. The highest BCUT2D eigenvalue weighted by Gasteiger charge is 2.28. The molecule has 1 saturated heterocycles.